The van der Waals surface area contributed by atoms with Crippen molar-refractivity contribution in [2.24, 2.45) is 5.73 Å². The molecule has 0 bridgehead atoms. The second-order valence-corrected chi connectivity index (χ2v) is 2.69. The summed E-state index contributed by atoms with van der Waals surface area (Å²) in [5, 5.41) is 4.70. The summed E-state index contributed by atoms with van der Waals surface area (Å²) >= 11 is 0. The second-order valence-electron chi connectivity index (χ2n) is 2.69. The molecule has 0 radical (unpaired) electrons. The number of carbonyl (C=O) groups excluding carboxylic acids is 2. The smallest absolute Gasteiger partial charge is 0.313 e. The molecule has 0 spiro atoms. The van der Waals surface area contributed by atoms with E-state index in [-0.39, 0.29) is 5.91 Å². The van der Waals surface area contributed by atoms with Crippen LogP contribution in [0.5, 0.6) is 0 Å². The van der Waals surface area contributed by atoms with E-state index in [4.69, 9.17) is 5.73 Å². The first kappa shape index (κ1) is 9.74. The highest BCUT2D eigenvalue weighted by Crippen LogP contribution is 1.99. The van der Waals surface area contributed by atoms with Crippen molar-refractivity contribution in [1.82, 2.24) is 10.6 Å². The van der Waals surface area contributed by atoms with Crippen molar-refractivity contribution >= 4 is 11.9 Å². The van der Waals surface area contributed by atoms with Gasteiger partial charge in [0.1, 0.15) is 5.54 Å². The van der Waals surface area contributed by atoms with Crippen LogP contribution in [0.3, 0.4) is 0 Å². The molecule has 0 aromatic carbocycles. The fourth-order valence-corrected chi connectivity index (χ4v) is 0.677. The number of amides is 3. The van der Waals surface area contributed by atoms with Crippen LogP contribution in [0.25, 0.3) is 0 Å². The number of hydrogen-bond donors (Lipinski definition) is 3. The van der Waals surface area contributed by atoms with Crippen LogP contribution in [0.4, 0.5) is 4.79 Å². The molecule has 4 N–H and O–H groups in total. The number of likely N-dealkylation sites (N-methyl/N-ethyl adjacent to an activating group) is 1. The minimum Gasteiger partial charge on any atom is -0.357 e. The molecule has 64 valence electrons. The highest BCUT2D eigenvalue weighted by molar-refractivity contribution is 5.89. The summed E-state index contributed by atoms with van der Waals surface area (Å²) < 4.78 is 0. The van der Waals surface area contributed by atoms with Gasteiger partial charge in [0.05, 0.1) is 0 Å². The van der Waals surface area contributed by atoms with Crippen molar-refractivity contribution in [1.29, 1.82) is 0 Å². The summed E-state index contributed by atoms with van der Waals surface area (Å²) in [4.78, 5) is 21.4. The lowest BCUT2D eigenvalue weighted by Crippen LogP contribution is -2.55. The van der Waals surface area contributed by atoms with Crippen LogP contribution in [0.2, 0.25) is 0 Å². The molecule has 0 rings (SSSR count). The molecular formula is C6H13N3O2. The van der Waals surface area contributed by atoms with E-state index in [2.05, 4.69) is 10.6 Å². The molecule has 3 amide bonds. The van der Waals surface area contributed by atoms with Crippen molar-refractivity contribution in [3.05, 3.63) is 0 Å². The van der Waals surface area contributed by atoms with Crippen molar-refractivity contribution in [2.45, 2.75) is 19.4 Å². The minimum absolute atomic E-state index is 0.281. The van der Waals surface area contributed by atoms with Gasteiger partial charge >= 0.3 is 6.03 Å². The van der Waals surface area contributed by atoms with E-state index >= 15 is 0 Å². The van der Waals surface area contributed by atoms with Crippen LogP contribution in [-0.2, 0) is 4.79 Å². The molecule has 0 saturated heterocycles. The van der Waals surface area contributed by atoms with Crippen LogP contribution in [0.1, 0.15) is 13.8 Å². The predicted octanol–water partition coefficient (Wildman–Crippen LogP) is -0.821. The molecule has 0 aromatic heterocycles. The summed E-state index contributed by atoms with van der Waals surface area (Å²) in [5.74, 6) is -0.281. The zero-order valence-electron chi connectivity index (χ0n) is 6.89. The summed E-state index contributed by atoms with van der Waals surface area (Å²) in [5.41, 5.74) is 3.90. The zero-order valence-corrected chi connectivity index (χ0v) is 6.89. The maximum absolute atomic E-state index is 11.0. The quantitative estimate of drug-likeness (QED) is 0.491. The van der Waals surface area contributed by atoms with Gasteiger partial charge < -0.3 is 16.4 Å². The third-order valence-corrected chi connectivity index (χ3v) is 1.23. The number of urea groups is 1. The molecule has 0 fully saturated rings. The molecule has 5 heteroatoms. The Balaban J connectivity index is 4.21. The number of primary amides is 1. The van der Waals surface area contributed by atoms with Crippen LogP contribution in [0, 0.1) is 0 Å². The van der Waals surface area contributed by atoms with Crippen molar-refractivity contribution in [3.8, 4) is 0 Å². The third-order valence-electron chi connectivity index (χ3n) is 1.23. The number of nitrogens with two attached hydrogens (primary N) is 1. The maximum atomic E-state index is 11.0. The Kier molecular flexibility index (Phi) is 2.86. The van der Waals surface area contributed by atoms with Gasteiger partial charge in [0.2, 0.25) is 5.91 Å². The van der Waals surface area contributed by atoms with Gasteiger partial charge in [0.25, 0.3) is 0 Å². The predicted molar refractivity (Wildman–Crippen MR) is 40.9 cm³/mol. The van der Waals surface area contributed by atoms with Crippen molar-refractivity contribution < 1.29 is 9.59 Å². The van der Waals surface area contributed by atoms with Crippen LogP contribution in [0.15, 0.2) is 0 Å². The summed E-state index contributed by atoms with van der Waals surface area (Å²) in [7, 11) is 1.49. The minimum atomic E-state index is -0.944. The van der Waals surface area contributed by atoms with Gasteiger partial charge in [-0.3, -0.25) is 4.79 Å². The Labute approximate surface area is 65.3 Å². The van der Waals surface area contributed by atoms with Gasteiger partial charge in [-0.1, -0.05) is 0 Å². The first-order chi connectivity index (χ1) is 4.90. The first-order valence-electron chi connectivity index (χ1n) is 3.20. The zero-order chi connectivity index (χ0) is 9.07. The Hall–Kier alpha value is -1.26. The number of carbonyl (C=O) groups is 2. The number of hydrogen-bond acceptors (Lipinski definition) is 2. The molecule has 0 aliphatic heterocycles. The summed E-state index contributed by atoms with van der Waals surface area (Å²) in [6.45, 7) is 3.13. The molecular weight excluding hydrogens is 146 g/mol. The molecule has 5 nitrogen and oxygen atoms in total. The first-order valence-corrected chi connectivity index (χ1v) is 3.20. The molecule has 0 aliphatic rings. The second kappa shape index (κ2) is 3.23. The average molecular weight is 159 g/mol. The summed E-state index contributed by atoms with van der Waals surface area (Å²) in [6.07, 6.45) is 0. The fourth-order valence-electron chi connectivity index (χ4n) is 0.677. The molecule has 0 atom stereocenters. The van der Waals surface area contributed by atoms with Crippen molar-refractivity contribution in [2.75, 3.05) is 7.05 Å². The van der Waals surface area contributed by atoms with Crippen molar-refractivity contribution in [3.63, 3.8) is 0 Å². The highest BCUT2D eigenvalue weighted by Gasteiger charge is 2.27. The Bertz CT molecular complexity index is 177. The van der Waals surface area contributed by atoms with E-state index in [1.54, 1.807) is 13.8 Å². The lowest BCUT2D eigenvalue weighted by Gasteiger charge is -2.22. The van der Waals surface area contributed by atoms with E-state index in [9.17, 15) is 9.59 Å². The van der Waals surface area contributed by atoms with Gasteiger partial charge in [0.15, 0.2) is 0 Å². The van der Waals surface area contributed by atoms with Gasteiger partial charge in [-0.05, 0) is 13.8 Å². The Morgan fingerprint density at radius 2 is 1.82 bits per heavy atom. The molecule has 11 heavy (non-hydrogen) atoms. The van der Waals surface area contributed by atoms with Crippen LogP contribution < -0.4 is 16.4 Å². The Morgan fingerprint density at radius 1 is 1.36 bits per heavy atom. The van der Waals surface area contributed by atoms with Gasteiger partial charge in [-0.15, -0.1) is 0 Å². The lowest BCUT2D eigenvalue weighted by molar-refractivity contribution is -0.125. The Morgan fingerprint density at radius 3 is 2.09 bits per heavy atom. The standard InChI is InChI=1S/C6H13N3O2/c1-6(2,4(10)8-3)9-5(7)11/h1-3H3,(H,8,10)(H3,7,9,11). The van der Waals surface area contributed by atoms with Crippen LogP contribution in [-0.4, -0.2) is 24.5 Å². The van der Waals surface area contributed by atoms with E-state index in [0.29, 0.717) is 0 Å². The van der Waals surface area contributed by atoms with Gasteiger partial charge in [-0.25, -0.2) is 4.79 Å². The average Bonchev–Trinajstić information content (AvgIpc) is 1.83. The topological polar surface area (TPSA) is 84.2 Å². The number of nitrogens with one attached hydrogen (secondary N) is 2. The van der Waals surface area contributed by atoms with Crippen LogP contribution >= 0.6 is 0 Å². The largest absolute Gasteiger partial charge is 0.357 e. The highest BCUT2D eigenvalue weighted by atomic mass is 16.2. The fraction of sp³-hybridized carbons (Fsp3) is 0.667. The lowest BCUT2D eigenvalue weighted by atomic mass is 10.1. The van der Waals surface area contributed by atoms with E-state index in [1.807, 2.05) is 0 Å². The normalized spacial score (nSPS) is 10.5. The number of rotatable bonds is 2. The molecule has 0 heterocycles. The van der Waals surface area contributed by atoms with E-state index in [1.165, 1.54) is 7.05 Å². The third kappa shape index (κ3) is 2.88. The SMILES string of the molecule is CNC(=O)C(C)(C)NC(N)=O. The molecule has 0 unspecified atom stereocenters. The van der Waals surface area contributed by atoms with E-state index < -0.39 is 11.6 Å². The molecule has 0 saturated carbocycles. The monoisotopic (exact) mass is 159 g/mol. The van der Waals surface area contributed by atoms with Gasteiger partial charge in [0, 0.05) is 7.05 Å². The van der Waals surface area contributed by atoms with Gasteiger partial charge in [-0.2, -0.15) is 0 Å². The molecule has 0 aliphatic carbocycles. The maximum Gasteiger partial charge on any atom is 0.313 e. The van der Waals surface area contributed by atoms with E-state index in [0.717, 1.165) is 0 Å². The molecule has 0 aromatic rings. The summed E-state index contributed by atoms with van der Waals surface area (Å²) in [6, 6.07) is -0.710.